The maximum absolute atomic E-state index is 14.4. The van der Waals surface area contributed by atoms with Crippen LogP contribution in [0.4, 0.5) is 15.3 Å². The first kappa shape index (κ1) is 98.0. The van der Waals surface area contributed by atoms with E-state index < -0.39 is 65.7 Å². The van der Waals surface area contributed by atoms with Crippen LogP contribution in [-0.2, 0) is 92.3 Å². The van der Waals surface area contributed by atoms with Gasteiger partial charge in [0.2, 0.25) is 29.5 Å². The second-order valence-electron chi connectivity index (χ2n) is 31.3. The number of hydrogen-bond acceptors (Lipinski definition) is 26. The van der Waals surface area contributed by atoms with E-state index >= 15 is 0 Å². The molecule has 35 heteroatoms. The summed E-state index contributed by atoms with van der Waals surface area (Å²) in [6, 6.07) is 4.17. The molecule has 1 saturated carbocycles. The number of nitrogens with one attached hydrogen (secondary N) is 11. The predicted molar refractivity (Wildman–Crippen MR) is 431 cm³/mol. The fraction of sp³-hybridized carbons (Fsp3) is 0.762. The summed E-state index contributed by atoms with van der Waals surface area (Å²) in [5, 5.41) is 25.3. The van der Waals surface area contributed by atoms with Crippen molar-refractivity contribution >= 4 is 59.1 Å². The quantitative estimate of drug-likeness (QED) is 0.0145. The predicted octanol–water partition coefficient (Wildman–Crippen LogP) is 3.72. The number of urea groups is 1. The number of benzene rings is 1. The Bertz CT molecular complexity index is 3110. The number of likely N-dealkylation sites (N-methyl/N-ethyl adjacent to an activating group) is 1. The molecule has 1 aromatic rings. The number of fused-ring (bicyclic) bond motifs is 1. The van der Waals surface area contributed by atoms with Gasteiger partial charge in [-0.2, -0.15) is 0 Å². The van der Waals surface area contributed by atoms with E-state index in [0.717, 1.165) is 68.1 Å². The molecule has 5 rings (SSSR count). The number of ketones is 1. The average molecular weight is 1630 g/mol. The van der Waals surface area contributed by atoms with Gasteiger partial charge in [0, 0.05) is 74.5 Å². The van der Waals surface area contributed by atoms with Gasteiger partial charge in [-0.25, -0.2) is 9.59 Å². The Hall–Kier alpha value is -7.55. The number of alkyl carbamates (subject to hydrolysis) is 1. The molecule has 15 N–H and O–H groups in total. The highest BCUT2D eigenvalue weighted by Crippen LogP contribution is 2.54. The molecule has 1 unspecified atom stereocenters. The number of rotatable bonds is 62. The van der Waals surface area contributed by atoms with Gasteiger partial charge >= 0.3 is 18.1 Å². The van der Waals surface area contributed by atoms with E-state index in [1.807, 2.05) is 0 Å². The molecule has 654 valence electrons. The number of allylic oxidation sites excluding steroid dienone is 3. The first-order chi connectivity index (χ1) is 55.3. The lowest BCUT2D eigenvalue weighted by molar-refractivity contribution is -0.869. The van der Waals surface area contributed by atoms with E-state index in [4.69, 9.17) is 63.7 Å². The molecule has 8 amide bonds. The molecule has 4 aliphatic rings. The molecule has 0 saturated heterocycles. The zero-order chi connectivity index (χ0) is 83.6. The van der Waals surface area contributed by atoms with Crippen LogP contribution in [0.2, 0.25) is 0 Å². The number of hydrazine groups is 3. The zero-order valence-electron chi connectivity index (χ0n) is 70.0. The molecule has 0 bridgehead atoms. The SMILES string of the molecule is CC(C)C(=O)OCc1ccc(NC(=O)[C@H](CCCNC(N)=O)CC(=O)[C@@H](NC(=O)[C@@H](CCCCNC(=O)COC2CCCCCC(NCCOCCOCCOCCOCCC(=O)NCC[N+](C)(C)C)=C2NN)NC(=O)CCOCCOCCOCCOCCNC(=O)OC[C@@H]2[C@@H]3CCC4=C(CC[C@@H]32)NNN4C(C)C)C(C)C)cc1. The second-order valence-corrected chi connectivity index (χ2v) is 31.3. The molecule has 35 nitrogen and oxygen atoms in total. The Balaban J connectivity index is 1.02. The molecule has 0 spiro atoms. The van der Waals surface area contributed by atoms with Crippen molar-refractivity contribution in [3.63, 3.8) is 0 Å². The van der Waals surface area contributed by atoms with Crippen molar-refractivity contribution in [2.75, 3.05) is 185 Å². The van der Waals surface area contributed by atoms with Crippen LogP contribution in [0.3, 0.4) is 0 Å². The number of amides is 8. The Morgan fingerprint density at radius 1 is 0.583 bits per heavy atom. The molecular formula is C80H140N15O20+. The number of primary amides is 1. The molecule has 1 fully saturated rings. The first-order valence-corrected chi connectivity index (χ1v) is 41.5. The second kappa shape index (κ2) is 56.7. The maximum Gasteiger partial charge on any atom is 0.407 e. The third-order valence-electron chi connectivity index (χ3n) is 20.0. The minimum atomic E-state index is -1.11. The fourth-order valence-corrected chi connectivity index (χ4v) is 13.4. The van der Waals surface area contributed by atoms with Gasteiger partial charge in [-0.15, -0.1) is 5.53 Å². The summed E-state index contributed by atoms with van der Waals surface area (Å²) >= 11 is 0. The molecule has 115 heavy (non-hydrogen) atoms. The van der Waals surface area contributed by atoms with E-state index in [1.165, 1.54) is 11.4 Å². The Morgan fingerprint density at radius 3 is 1.77 bits per heavy atom. The van der Waals surface area contributed by atoms with Crippen molar-refractivity contribution in [1.29, 1.82) is 0 Å². The largest absolute Gasteiger partial charge is 0.461 e. The number of hydrogen-bond donors (Lipinski definition) is 13. The van der Waals surface area contributed by atoms with Crippen molar-refractivity contribution in [3.05, 3.63) is 52.6 Å². The van der Waals surface area contributed by atoms with Crippen molar-refractivity contribution in [2.24, 2.45) is 47.1 Å². The summed E-state index contributed by atoms with van der Waals surface area (Å²) in [7, 11) is 6.23. The van der Waals surface area contributed by atoms with E-state index in [1.54, 1.807) is 52.0 Å². The minimum Gasteiger partial charge on any atom is -0.461 e. The fourth-order valence-electron chi connectivity index (χ4n) is 13.4. The summed E-state index contributed by atoms with van der Waals surface area (Å²) < 4.78 is 63.1. The van der Waals surface area contributed by atoms with Gasteiger partial charge in [0.25, 0.3) is 0 Å². The summed E-state index contributed by atoms with van der Waals surface area (Å²) in [5.74, 6) is 3.28. The topological polar surface area (TPSA) is 443 Å². The number of quaternary nitrogens is 1. The molecule has 1 heterocycles. The number of carbonyl (C=O) groups excluding carboxylic acids is 9. The number of unbranched alkanes of at least 4 members (excludes halogenated alkanes) is 1. The van der Waals surface area contributed by atoms with Crippen molar-refractivity contribution in [1.82, 2.24) is 58.6 Å². The van der Waals surface area contributed by atoms with Crippen molar-refractivity contribution in [3.8, 4) is 0 Å². The zero-order valence-corrected chi connectivity index (χ0v) is 70.0. The van der Waals surface area contributed by atoms with Crippen LogP contribution in [0.15, 0.2) is 47.1 Å². The summed E-state index contributed by atoms with van der Waals surface area (Å²) in [6.45, 7) is 19.3. The highest BCUT2D eigenvalue weighted by molar-refractivity contribution is 5.98. The van der Waals surface area contributed by atoms with E-state index in [-0.39, 0.29) is 102 Å². The normalized spacial score (nSPS) is 17.7. The number of nitrogens with zero attached hydrogens (tertiary/aromatic N) is 2. The molecule has 0 radical (unpaired) electrons. The summed E-state index contributed by atoms with van der Waals surface area (Å²) in [6.07, 6.45) is 8.67. The lowest BCUT2D eigenvalue weighted by Gasteiger charge is -2.27. The minimum absolute atomic E-state index is 0.0139. The van der Waals surface area contributed by atoms with Gasteiger partial charge in [0.05, 0.1) is 170 Å². The van der Waals surface area contributed by atoms with E-state index in [2.05, 4.69) is 98.9 Å². The van der Waals surface area contributed by atoms with Gasteiger partial charge in [0.1, 0.15) is 25.4 Å². The lowest BCUT2D eigenvalue weighted by Crippen LogP contribution is -2.53. The maximum atomic E-state index is 14.4. The lowest BCUT2D eigenvalue weighted by atomic mass is 9.89. The van der Waals surface area contributed by atoms with Gasteiger partial charge in [-0.1, -0.05) is 52.7 Å². The van der Waals surface area contributed by atoms with E-state index in [9.17, 15) is 43.2 Å². The number of anilines is 1. The molecule has 1 aromatic carbocycles. The third-order valence-corrected chi connectivity index (χ3v) is 20.0. The third kappa shape index (κ3) is 41.9. The Kier molecular flexibility index (Phi) is 48.4. The van der Waals surface area contributed by atoms with Crippen molar-refractivity contribution in [2.45, 2.75) is 182 Å². The summed E-state index contributed by atoms with van der Waals surface area (Å²) in [4.78, 5) is 118. The van der Waals surface area contributed by atoms with Gasteiger partial charge in [-0.3, -0.25) is 44.4 Å². The number of carbonyl (C=O) groups is 9. The van der Waals surface area contributed by atoms with Crippen LogP contribution in [-0.4, -0.2) is 266 Å². The molecule has 0 aromatic heterocycles. The van der Waals surface area contributed by atoms with Crippen LogP contribution in [0.5, 0.6) is 0 Å². The number of esters is 1. The van der Waals surface area contributed by atoms with Crippen LogP contribution < -0.4 is 70.5 Å². The standard InChI is InChI=1S/C80H139N15O20/c1-56(2)74(69(96)52-60(16-15-31-86-79(81)103)76(100)88-61-22-20-59(21-23-61)53-114-78(102)57(3)4)90-77(101)67(89-72(98)29-37-106-41-45-110-49-51-112-47-43-108-39-34-87-80(104)115-54-64-62-24-26-65-68(27-25-63(62)64)94(58(5)6)93-92-65)18-13-14-30-84-73(99)55-113-70-19-12-10-11-17-66(75(70)91-82)83-33-38-107-42-46-111-50-48-109-44-40-105-36-28-71(97)85-32-35-95(7,8)9/h20-23,56-58,60,62-64,67,70,74,83,91-93H,10-19,24-55,82H2,1-9H3,(H8-,81,84,85,86,87,88,89,90,97,98,99,100,101,103,104)/p+1/t60-,62+,63-,64+,67-,70?,74+/m1/s1. The Morgan fingerprint density at radius 2 is 1.17 bits per heavy atom. The van der Waals surface area contributed by atoms with Crippen LogP contribution >= 0.6 is 0 Å². The number of Topliss-reactive ketones (excluding diaryl/α,β-unsaturated/α-hetero) is 1. The number of nitrogens with two attached hydrogens (primary N) is 2. The van der Waals surface area contributed by atoms with Crippen LogP contribution in [0.25, 0.3) is 0 Å². The highest BCUT2D eigenvalue weighted by Gasteiger charge is 2.51. The Labute approximate surface area is 680 Å². The molecule has 7 atom stereocenters. The monoisotopic (exact) mass is 1630 g/mol. The average Bonchev–Trinajstić information content (AvgIpc) is 1.61. The van der Waals surface area contributed by atoms with Gasteiger partial charge in [-0.05, 0) is 132 Å². The van der Waals surface area contributed by atoms with Crippen LogP contribution in [0.1, 0.15) is 156 Å². The highest BCUT2D eigenvalue weighted by atomic mass is 16.6. The first-order valence-electron chi connectivity index (χ1n) is 41.5. The van der Waals surface area contributed by atoms with Crippen molar-refractivity contribution < 1.29 is 99.7 Å². The number of ether oxygens (including phenoxy) is 11. The van der Waals surface area contributed by atoms with E-state index in [0.29, 0.717) is 178 Å². The molecule has 1 aliphatic heterocycles. The van der Waals surface area contributed by atoms with Crippen LogP contribution in [0, 0.1) is 35.5 Å². The molecule has 3 aliphatic carbocycles. The molecular weight excluding hydrogens is 1490 g/mol. The van der Waals surface area contributed by atoms with Gasteiger partial charge < -0.3 is 116 Å². The van der Waals surface area contributed by atoms with Gasteiger partial charge in [0.15, 0.2) is 5.78 Å². The summed E-state index contributed by atoms with van der Waals surface area (Å²) in [5.41, 5.74) is 20.1. The smallest absolute Gasteiger partial charge is 0.407 e.